The lowest BCUT2D eigenvalue weighted by Crippen LogP contribution is -2.42. The van der Waals surface area contributed by atoms with Crippen molar-refractivity contribution in [3.05, 3.63) is 57.8 Å². The molecule has 1 saturated carbocycles. The molecule has 3 rings (SSSR count). The van der Waals surface area contributed by atoms with Crippen LogP contribution in [0, 0.1) is 17.6 Å². The highest BCUT2D eigenvalue weighted by Gasteiger charge is 2.46. The minimum atomic E-state index is -1.18. The number of nitrogens with one attached hydrogen (secondary N) is 1. The molecule has 1 aliphatic carbocycles. The molecular formula is C16H15F2NO2S. The molecule has 2 aromatic rings. The second-order valence-electron chi connectivity index (χ2n) is 5.46. The highest BCUT2D eigenvalue weighted by Crippen LogP contribution is 2.46. The lowest BCUT2D eigenvalue weighted by Gasteiger charge is -2.27. The van der Waals surface area contributed by atoms with E-state index in [2.05, 4.69) is 5.32 Å². The Balaban J connectivity index is 1.77. The van der Waals surface area contributed by atoms with Crippen LogP contribution in [0.15, 0.2) is 35.7 Å². The first-order chi connectivity index (χ1) is 10.5. The van der Waals surface area contributed by atoms with E-state index in [0.29, 0.717) is 0 Å². The third kappa shape index (κ3) is 2.76. The summed E-state index contributed by atoms with van der Waals surface area (Å²) in [5, 5.41) is 15.2. The molecule has 1 aliphatic rings. The van der Waals surface area contributed by atoms with Crippen LogP contribution in [0.5, 0.6) is 0 Å². The molecule has 1 atom stereocenters. The zero-order valence-electron chi connectivity index (χ0n) is 11.7. The summed E-state index contributed by atoms with van der Waals surface area (Å²) in [7, 11) is 0. The molecule has 0 spiro atoms. The number of carbonyl (C=O) groups excluding carboxylic acids is 1. The fourth-order valence-electron chi connectivity index (χ4n) is 2.54. The first kappa shape index (κ1) is 15.1. The van der Waals surface area contributed by atoms with Gasteiger partial charge in [0, 0.05) is 4.88 Å². The van der Waals surface area contributed by atoms with Crippen LogP contribution in [0.2, 0.25) is 0 Å². The third-order valence-electron chi connectivity index (χ3n) is 3.91. The average Bonchev–Trinajstić information content (AvgIpc) is 3.20. The molecule has 0 bridgehead atoms. The number of hydrogen-bond donors (Lipinski definition) is 2. The Bertz CT molecular complexity index is 665. The summed E-state index contributed by atoms with van der Waals surface area (Å²) < 4.78 is 27.2. The highest BCUT2D eigenvalue weighted by molar-refractivity contribution is 7.10. The summed E-state index contributed by atoms with van der Waals surface area (Å²) in [6.45, 7) is -0.0647. The van der Waals surface area contributed by atoms with E-state index in [0.717, 1.165) is 29.9 Å². The standard InChI is InChI=1S/C16H15F2NO2S/c17-11-3-1-4-12(18)14(11)15(20)19-9-16(21,10-6-7-10)13-5-2-8-22-13/h1-5,8,10,21H,6-7,9H2,(H,19,20)/t16-/m0/s1. The van der Waals surface area contributed by atoms with E-state index in [1.54, 1.807) is 6.07 Å². The number of aliphatic hydroxyl groups is 1. The van der Waals surface area contributed by atoms with Crippen LogP contribution in [-0.2, 0) is 5.60 Å². The molecule has 2 N–H and O–H groups in total. The quantitative estimate of drug-likeness (QED) is 0.888. The molecule has 1 aromatic carbocycles. The van der Waals surface area contributed by atoms with E-state index >= 15 is 0 Å². The molecule has 1 aromatic heterocycles. The molecule has 6 heteroatoms. The lowest BCUT2D eigenvalue weighted by molar-refractivity contribution is 0.0168. The largest absolute Gasteiger partial charge is 0.382 e. The summed E-state index contributed by atoms with van der Waals surface area (Å²) in [5.74, 6) is -2.62. The van der Waals surface area contributed by atoms with Gasteiger partial charge in [-0.05, 0) is 42.3 Å². The Morgan fingerprint density at radius 1 is 1.27 bits per heavy atom. The Labute approximate surface area is 130 Å². The van der Waals surface area contributed by atoms with Gasteiger partial charge in [0.1, 0.15) is 22.8 Å². The predicted octanol–water partition coefficient (Wildman–Crippen LogP) is 3.05. The number of carbonyl (C=O) groups is 1. The van der Waals surface area contributed by atoms with Crippen molar-refractivity contribution in [1.82, 2.24) is 5.32 Å². The van der Waals surface area contributed by atoms with Crippen molar-refractivity contribution < 1.29 is 18.7 Å². The maximum atomic E-state index is 13.6. The van der Waals surface area contributed by atoms with Gasteiger partial charge in [0.05, 0.1) is 6.54 Å². The minimum absolute atomic E-state index is 0.0647. The molecule has 22 heavy (non-hydrogen) atoms. The molecule has 0 unspecified atom stereocenters. The molecule has 3 nitrogen and oxygen atoms in total. The summed E-state index contributed by atoms with van der Waals surface area (Å²) in [5.41, 5.74) is -1.79. The van der Waals surface area contributed by atoms with E-state index in [9.17, 15) is 18.7 Å². The monoisotopic (exact) mass is 323 g/mol. The van der Waals surface area contributed by atoms with Gasteiger partial charge in [-0.1, -0.05) is 12.1 Å². The van der Waals surface area contributed by atoms with Crippen LogP contribution in [0.25, 0.3) is 0 Å². The second-order valence-corrected chi connectivity index (χ2v) is 6.40. The smallest absolute Gasteiger partial charge is 0.257 e. The van der Waals surface area contributed by atoms with Crippen molar-refractivity contribution in [2.45, 2.75) is 18.4 Å². The van der Waals surface area contributed by atoms with Gasteiger partial charge < -0.3 is 10.4 Å². The SMILES string of the molecule is O=C(NC[C@@](O)(c1cccs1)C1CC1)c1c(F)cccc1F. The van der Waals surface area contributed by atoms with Gasteiger partial charge in [-0.3, -0.25) is 4.79 Å². The van der Waals surface area contributed by atoms with Gasteiger partial charge in [-0.2, -0.15) is 0 Å². The van der Waals surface area contributed by atoms with E-state index in [-0.39, 0.29) is 12.5 Å². The Hall–Kier alpha value is -1.79. The zero-order valence-corrected chi connectivity index (χ0v) is 12.5. The fraction of sp³-hybridized carbons (Fsp3) is 0.312. The molecule has 0 aliphatic heterocycles. The van der Waals surface area contributed by atoms with Gasteiger partial charge >= 0.3 is 0 Å². The fourth-order valence-corrected chi connectivity index (χ4v) is 3.44. The minimum Gasteiger partial charge on any atom is -0.382 e. The van der Waals surface area contributed by atoms with Gasteiger partial charge in [0.15, 0.2) is 0 Å². The summed E-state index contributed by atoms with van der Waals surface area (Å²) in [6, 6.07) is 6.90. The van der Waals surface area contributed by atoms with Gasteiger partial charge in [0.25, 0.3) is 5.91 Å². The Kier molecular flexibility index (Phi) is 3.97. The highest BCUT2D eigenvalue weighted by atomic mass is 32.1. The van der Waals surface area contributed by atoms with E-state index in [1.807, 2.05) is 11.4 Å². The van der Waals surface area contributed by atoms with Crippen molar-refractivity contribution >= 4 is 17.2 Å². The predicted molar refractivity (Wildman–Crippen MR) is 79.6 cm³/mol. The van der Waals surface area contributed by atoms with E-state index in [4.69, 9.17) is 0 Å². The number of halogens is 2. The van der Waals surface area contributed by atoms with Gasteiger partial charge in [0.2, 0.25) is 0 Å². The number of benzene rings is 1. The topological polar surface area (TPSA) is 49.3 Å². The van der Waals surface area contributed by atoms with Crippen molar-refractivity contribution in [1.29, 1.82) is 0 Å². The molecular weight excluding hydrogens is 308 g/mol. The number of amides is 1. The molecule has 116 valence electrons. The first-order valence-electron chi connectivity index (χ1n) is 7.01. The second kappa shape index (κ2) is 5.78. The van der Waals surface area contributed by atoms with Crippen molar-refractivity contribution in [3.63, 3.8) is 0 Å². The van der Waals surface area contributed by atoms with E-state index in [1.165, 1.54) is 17.4 Å². The molecule has 0 saturated heterocycles. The number of thiophene rings is 1. The maximum absolute atomic E-state index is 13.6. The van der Waals surface area contributed by atoms with Crippen LogP contribution in [-0.4, -0.2) is 17.6 Å². The summed E-state index contributed by atoms with van der Waals surface area (Å²) in [6.07, 6.45) is 1.75. The van der Waals surface area contributed by atoms with Crippen LogP contribution in [0.3, 0.4) is 0 Å². The van der Waals surface area contributed by atoms with Crippen molar-refractivity contribution in [2.24, 2.45) is 5.92 Å². The molecule has 1 heterocycles. The van der Waals surface area contributed by atoms with Crippen LogP contribution in [0.1, 0.15) is 28.1 Å². The van der Waals surface area contributed by atoms with Crippen molar-refractivity contribution in [2.75, 3.05) is 6.54 Å². The molecule has 0 radical (unpaired) electrons. The Morgan fingerprint density at radius 3 is 2.50 bits per heavy atom. The normalized spacial score (nSPS) is 17.0. The average molecular weight is 323 g/mol. The maximum Gasteiger partial charge on any atom is 0.257 e. The van der Waals surface area contributed by atoms with Crippen LogP contribution in [0.4, 0.5) is 8.78 Å². The van der Waals surface area contributed by atoms with Gasteiger partial charge in [-0.25, -0.2) is 8.78 Å². The number of hydrogen-bond acceptors (Lipinski definition) is 3. The summed E-state index contributed by atoms with van der Waals surface area (Å²) >= 11 is 1.40. The van der Waals surface area contributed by atoms with Crippen LogP contribution >= 0.6 is 11.3 Å². The van der Waals surface area contributed by atoms with Crippen LogP contribution < -0.4 is 5.32 Å². The molecule has 1 fully saturated rings. The Morgan fingerprint density at radius 2 is 1.95 bits per heavy atom. The third-order valence-corrected chi connectivity index (χ3v) is 4.95. The number of rotatable bonds is 5. The molecule has 1 amide bonds. The first-order valence-corrected chi connectivity index (χ1v) is 7.89. The van der Waals surface area contributed by atoms with Gasteiger partial charge in [-0.15, -0.1) is 11.3 Å². The summed E-state index contributed by atoms with van der Waals surface area (Å²) in [4.78, 5) is 12.8. The zero-order chi connectivity index (χ0) is 15.7. The lowest BCUT2D eigenvalue weighted by atomic mass is 9.95. The van der Waals surface area contributed by atoms with Crippen molar-refractivity contribution in [3.8, 4) is 0 Å². The van der Waals surface area contributed by atoms with E-state index < -0.39 is 28.7 Å².